The fourth-order valence-corrected chi connectivity index (χ4v) is 12.1. The summed E-state index contributed by atoms with van der Waals surface area (Å²) in [6.07, 6.45) is -0.331. The molecule has 6 aliphatic heterocycles. The topological polar surface area (TPSA) is 220 Å². The number of aliphatic hydroxyl groups excluding tert-OH is 1. The predicted octanol–water partition coefficient (Wildman–Crippen LogP) is 8.30. The first-order valence-electron chi connectivity index (χ1n) is 22.5. The van der Waals surface area contributed by atoms with E-state index in [1.807, 2.05) is 48.3 Å². The zero-order chi connectivity index (χ0) is 51.9. The predicted molar refractivity (Wildman–Crippen MR) is 267 cm³/mol. The number of benzene rings is 5. The summed E-state index contributed by atoms with van der Waals surface area (Å²) < 4.78 is 35.3. The van der Waals surface area contributed by atoms with Crippen molar-refractivity contribution in [1.82, 2.24) is 15.1 Å². The molecule has 0 bridgehead atoms. The summed E-state index contributed by atoms with van der Waals surface area (Å²) in [5.41, 5.74) is 1.31. The number of halogens is 4. The molecule has 6 aliphatic rings. The van der Waals surface area contributed by atoms with Crippen LogP contribution in [-0.2, 0) is 45.6 Å². The van der Waals surface area contributed by atoms with Gasteiger partial charge >= 0.3 is 18.1 Å². The number of hydrogen-bond acceptors (Lipinski definition) is 15. The number of ether oxygens (including phenoxy) is 6. The van der Waals surface area contributed by atoms with Gasteiger partial charge in [0.15, 0.2) is 17.9 Å². The zero-order valence-corrected chi connectivity index (χ0v) is 42.0. The molecule has 23 heteroatoms. The minimum atomic E-state index is -1.73. The van der Waals surface area contributed by atoms with Crippen molar-refractivity contribution in [3.05, 3.63) is 162 Å². The number of nitrogens with zero attached hydrogens (tertiary/aromatic N) is 3. The molecule has 3 N–H and O–H groups in total. The maximum absolute atomic E-state index is 13.8. The number of anilines is 2. The Kier molecular flexibility index (Phi) is 12.6. The molecule has 11 rings (SSSR count). The summed E-state index contributed by atoms with van der Waals surface area (Å²) in [6, 6.07) is 23.6. The highest BCUT2D eigenvalue weighted by molar-refractivity contribution is 8.00. The van der Waals surface area contributed by atoms with Gasteiger partial charge in [-0.05, 0) is 60.2 Å². The Hall–Kier alpha value is -7.13. The highest BCUT2D eigenvalue weighted by Gasteiger charge is 2.59. The van der Waals surface area contributed by atoms with Crippen LogP contribution in [0, 0.1) is 0 Å². The number of aliphatic carboxylic acids is 1. The van der Waals surface area contributed by atoms with Crippen LogP contribution in [0.3, 0.4) is 0 Å². The Morgan fingerprint density at radius 3 is 2.30 bits per heavy atom. The van der Waals surface area contributed by atoms with Gasteiger partial charge in [0.2, 0.25) is 5.91 Å². The first-order chi connectivity index (χ1) is 35.6. The Morgan fingerprint density at radius 1 is 0.878 bits per heavy atom. The van der Waals surface area contributed by atoms with Crippen LogP contribution in [0.2, 0.25) is 20.1 Å². The van der Waals surface area contributed by atoms with E-state index in [1.165, 1.54) is 34.9 Å². The van der Waals surface area contributed by atoms with E-state index >= 15 is 0 Å². The summed E-state index contributed by atoms with van der Waals surface area (Å²) in [7, 11) is 1.88. The van der Waals surface area contributed by atoms with Crippen molar-refractivity contribution in [2.45, 2.75) is 42.3 Å². The van der Waals surface area contributed by atoms with Crippen molar-refractivity contribution < 1.29 is 67.4 Å². The summed E-state index contributed by atoms with van der Waals surface area (Å²) >= 11 is 27.8. The standard InChI is InChI=1S/C51H36Cl4N4O14S/c1-57(25-5-3-2-4-6-25)26-9-13-29-32(17-26)71-33-18-28(12-14-30(33)51(29)37-36(49(66)73-51)38(52)40(54)41(55)39(37)53)70-50(67)69-20-23-7-10-27(11-8-23)68-21-24-22-74-47-42(46(63)59(47)43(24)48(64)65)56-45(62)44-31(15-16-60)72-35-19-34(61)58(35)44/h2-15,17-18,35,42,44,47,60H,16,19-22H2,1H3,(H,56,62)(H,64,65)/b31-15-/t35?,42-,44-,47-,51?/m1/s1. The van der Waals surface area contributed by atoms with Gasteiger partial charge in [-0.2, -0.15) is 0 Å². The second-order valence-electron chi connectivity index (χ2n) is 17.4. The molecule has 3 amide bonds. The van der Waals surface area contributed by atoms with Gasteiger partial charge in [0.05, 0.1) is 38.7 Å². The van der Waals surface area contributed by atoms with Gasteiger partial charge in [0.25, 0.3) is 11.8 Å². The molecule has 5 aromatic rings. The van der Waals surface area contributed by atoms with Crippen LogP contribution in [0.5, 0.6) is 23.0 Å². The van der Waals surface area contributed by atoms with E-state index in [0.717, 1.165) is 16.3 Å². The number of carboxylic acid groups (broad SMARTS) is 1. The largest absolute Gasteiger partial charge is 0.514 e. The monoisotopic (exact) mass is 1100 g/mol. The molecular weight excluding hydrogens is 1070 g/mol. The SMILES string of the molecule is CN(c1ccccc1)c1ccc2c(c1)Oc1cc(OC(=O)OCc3ccc(OCC4=C(C(=O)O)N5C(=O)[C@@H](NC(=O)[C@H]6/C(=C/CO)OC7CC(=O)N76)[C@H]5SC4)cc3)ccc1C21OC(=O)c2c(Cl)c(Cl)c(Cl)c(Cl)c21. The Morgan fingerprint density at radius 2 is 1.58 bits per heavy atom. The first kappa shape index (κ1) is 49.1. The van der Waals surface area contributed by atoms with E-state index < -0.39 is 65.8 Å². The summed E-state index contributed by atoms with van der Waals surface area (Å²) in [5.74, 6) is -2.75. The third kappa shape index (κ3) is 8.00. The van der Waals surface area contributed by atoms with Crippen molar-refractivity contribution in [1.29, 1.82) is 0 Å². The summed E-state index contributed by atoms with van der Waals surface area (Å²) in [4.78, 5) is 82.7. The average molecular weight is 1100 g/mol. The smallest absolute Gasteiger partial charge is 0.489 e. The molecule has 3 fully saturated rings. The molecule has 0 aromatic heterocycles. The molecule has 1 spiro atoms. The van der Waals surface area contributed by atoms with E-state index in [0.29, 0.717) is 28.0 Å². The molecule has 0 saturated carbocycles. The van der Waals surface area contributed by atoms with Crippen LogP contribution in [-0.4, -0.2) is 106 Å². The van der Waals surface area contributed by atoms with Gasteiger partial charge in [-0.3, -0.25) is 24.2 Å². The quantitative estimate of drug-likeness (QED) is 0.0352. The summed E-state index contributed by atoms with van der Waals surface area (Å²) in [5, 5.41) is 21.1. The van der Waals surface area contributed by atoms with Crippen LogP contribution in [0.15, 0.2) is 114 Å². The van der Waals surface area contributed by atoms with Gasteiger partial charge in [0, 0.05) is 58.6 Å². The number of rotatable bonds is 12. The highest BCUT2D eigenvalue weighted by atomic mass is 35.5. The third-order valence-corrected chi connectivity index (χ3v) is 16.4. The number of hydrogen-bond donors (Lipinski definition) is 3. The maximum atomic E-state index is 13.8. The number of amides is 3. The lowest BCUT2D eigenvalue weighted by Crippen LogP contribution is -2.72. The number of β-lactam (4-membered cyclic amide) rings is 2. The minimum Gasteiger partial charge on any atom is -0.489 e. The minimum absolute atomic E-state index is 0.0193. The van der Waals surface area contributed by atoms with Gasteiger partial charge in [0.1, 0.15) is 59.1 Å². The second kappa shape index (κ2) is 19.0. The van der Waals surface area contributed by atoms with Crippen molar-refractivity contribution in [2.75, 3.05) is 30.9 Å². The number of carbonyl (C=O) groups is 6. The molecule has 5 aromatic carbocycles. The normalized spacial score (nSPS) is 22.2. The first-order valence-corrected chi connectivity index (χ1v) is 25.1. The number of esters is 1. The lowest BCUT2D eigenvalue weighted by atomic mass is 9.77. The van der Waals surface area contributed by atoms with Crippen LogP contribution in [0.25, 0.3) is 0 Å². The van der Waals surface area contributed by atoms with Crippen molar-refractivity contribution in [3.63, 3.8) is 0 Å². The maximum Gasteiger partial charge on any atom is 0.514 e. The second-order valence-corrected chi connectivity index (χ2v) is 20.0. The molecule has 5 atom stereocenters. The fourth-order valence-electron chi connectivity index (χ4n) is 9.70. The van der Waals surface area contributed by atoms with Crippen molar-refractivity contribution >= 4 is 105 Å². The van der Waals surface area contributed by atoms with Crippen molar-refractivity contribution in [3.8, 4) is 23.0 Å². The Labute approximate surface area is 443 Å². The highest BCUT2D eigenvalue weighted by Crippen LogP contribution is 2.61. The lowest BCUT2D eigenvalue weighted by molar-refractivity contribution is -0.160. The Bertz CT molecular complexity index is 3340. The molecule has 0 aliphatic carbocycles. The molecule has 18 nitrogen and oxygen atoms in total. The average Bonchev–Trinajstić information content (AvgIpc) is 3.87. The number of thioether (sulfide) groups is 1. The Balaban J connectivity index is 0.754. The number of fused-ring (bicyclic) bond motifs is 8. The van der Waals surface area contributed by atoms with E-state index in [9.17, 15) is 39.0 Å². The number of nitrogens with one attached hydrogen (secondary N) is 1. The summed E-state index contributed by atoms with van der Waals surface area (Å²) in [6.45, 7) is -0.826. The van der Waals surface area contributed by atoms with Gasteiger partial charge < -0.3 is 48.9 Å². The van der Waals surface area contributed by atoms with Crippen molar-refractivity contribution in [2.24, 2.45) is 0 Å². The lowest BCUT2D eigenvalue weighted by Gasteiger charge is -2.49. The number of carbonyl (C=O) groups excluding carboxylic acids is 5. The number of aliphatic hydroxyl groups is 1. The van der Waals surface area contributed by atoms with Gasteiger partial charge in [-0.15, -0.1) is 11.8 Å². The van der Waals surface area contributed by atoms with Gasteiger partial charge in [-0.25, -0.2) is 14.4 Å². The van der Waals surface area contributed by atoms with E-state index in [-0.39, 0.29) is 91.2 Å². The molecule has 378 valence electrons. The third-order valence-electron chi connectivity index (χ3n) is 13.2. The molecule has 6 heterocycles. The van der Waals surface area contributed by atoms with Gasteiger partial charge in [-0.1, -0.05) is 76.7 Å². The molecule has 3 saturated heterocycles. The molecular formula is C51H36Cl4N4O14S. The molecule has 74 heavy (non-hydrogen) atoms. The molecule has 2 unspecified atom stereocenters. The van der Waals surface area contributed by atoms with Crippen LogP contribution >= 0.6 is 58.2 Å². The van der Waals surface area contributed by atoms with E-state index in [2.05, 4.69) is 5.32 Å². The zero-order valence-electron chi connectivity index (χ0n) is 38.1. The van der Waals surface area contributed by atoms with Crippen LogP contribution in [0.1, 0.15) is 39.0 Å². The fraction of sp³-hybridized carbons (Fsp3) is 0.216. The molecule has 0 radical (unpaired) electrons. The van der Waals surface area contributed by atoms with Crippen LogP contribution < -0.4 is 24.4 Å². The number of carboxylic acids is 1. The van der Waals surface area contributed by atoms with E-state index in [1.54, 1.807) is 42.5 Å². The number of para-hydroxylation sites is 1. The van der Waals surface area contributed by atoms with E-state index in [4.69, 9.17) is 74.8 Å². The van der Waals surface area contributed by atoms with Crippen LogP contribution in [0.4, 0.5) is 16.2 Å².